The lowest BCUT2D eigenvalue weighted by atomic mass is 10.2. The van der Waals surface area contributed by atoms with Crippen LogP contribution >= 0.6 is 0 Å². The Balaban J connectivity index is 1.79. The number of anilines is 1. The number of urea groups is 1. The van der Waals surface area contributed by atoms with Gasteiger partial charge in [-0.2, -0.15) is 5.26 Å². The molecule has 1 atom stereocenters. The van der Waals surface area contributed by atoms with E-state index in [0.29, 0.717) is 17.8 Å². The average Bonchev–Trinajstić information content (AvgIpc) is 2.57. The van der Waals surface area contributed by atoms with Crippen molar-refractivity contribution in [2.75, 3.05) is 58.7 Å². The molecule has 1 aromatic rings. The molecule has 0 saturated carbocycles. The van der Waals surface area contributed by atoms with Crippen molar-refractivity contribution in [3.8, 4) is 6.07 Å². The van der Waals surface area contributed by atoms with Gasteiger partial charge >= 0.3 is 6.03 Å². The maximum atomic E-state index is 12.2. The molecule has 1 aromatic carbocycles. The van der Waals surface area contributed by atoms with Crippen molar-refractivity contribution in [1.29, 1.82) is 5.26 Å². The molecule has 130 valence electrons. The van der Waals surface area contributed by atoms with Crippen molar-refractivity contribution in [3.05, 3.63) is 29.8 Å². The lowest BCUT2D eigenvalue weighted by Crippen LogP contribution is -2.49. The first-order chi connectivity index (χ1) is 11.5. The smallest absolute Gasteiger partial charge is 0.321 e. The number of aliphatic hydroxyl groups excluding tert-OH is 1. The number of likely N-dealkylation sites (N-methyl/N-ethyl adjacent to an activating group) is 2. The quantitative estimate of drug-likeness (QED) is 0.827. The molecule has 7 nitrogen and oxygen atoms in total. The van der Waals surface area contributed by atoms with E-state index in [1.165, 1.54) is 4.90 Å². The minimum absolute atomic E-state index is 0.260. The van der Waals surface area contributed by atoms with E-state index in [2.05, 4.69) is 22.2 Å². The Morgan fingerprint density at radius 3 is 2.79 bits per heavy atom. The Morgan fingerprint density at radius 2 is 2.12 bits per heavy atom. The van der Waals surface area contributed by atoms with Crippen LogP contribution in [0.4, 0.5) is 10.5 Å². The summed E-state index contributed by atoms with van der Waals surface area (Å²) >= 11 is 0. The second kappa shape index (κ2) is 8.64. The third kappa shape index (κ3) is 5.49. The van der Waals surface area contributed by atoms with Crippen LogP contribution in [0.1, 0.15) is 5.56 Å². The lowest BCUT2D eigenvalue weighted by molar-refractivity contribution is 0.0670. The third-order valence-electron chi connectivity index (χ3n) is 4.14. The lowest BCUT2D eigenvalue weighted by Gasteiger charge is -2.34. The van der Waals surface area contributed by atoms with Crippen LogP contribution in [0.3, 0.4) is 0 Å². The van der Waals surface area contributed by atoms with E-state index in [1.54, 1.807) is 31.3 Å². The number of benzene rings is 1. The van der Waals surface area contributed by atoms with Gasteiger partial charge in [0.05, 0.1) is 17.7 Å². The molecule has 1 saturated heterocycles. The van der Waals surface area contributed by atoms with E-state index < -0.39 is 6.10 Å². The summed E-state index contributed by atoms with van der Waals surface area (Å²) in [6.07, 6.45) is -0.588. The molecule has 7 heteroatoms. The van der Waals surface area contributed by atoms with Gasteiger partial charge in [0.1, 0.15) is 0 Å². The number of hydrogen-bond donors (Lipinski definition) is 2. The van der Waals surface area contributed by atoms with Gasteiger partial charge in [0, 0.05) is 52.0 Å². The van der Waals surface area contributed by atoms with Gasteiger partial charge in [-0.1, -0.05) is 6.07 Å². The first kappa shape index (κ1) is 18.2. The van der Waals surface area contributed by atoms with Crippen molar-refractivity contribution in [1.82, 2.24) is 14.7 Å². The van der Waals surface area contributed by atoms with Crippen LogP contribution in [0.2, 0.25) is 0 Å². The van der Waals surface area contributed by atoms with Crippen LogP contribution in [0.5, 0.6) is 0 Å². The van der Waals surface area contributed by atoms with Gasteiger partial charge in [0.2, 0.25) is 0 Å². The molecule has 24 heavy (non-hydrogen) atoms. The molecule has 0 aromatic heterocycles. The molecule has 1 aliphatic heterocycles. The summed E-state index contributed by atoms with van der Waals surface area (Å²) in [6.45, 7) is 4.69. The minimum Gasteiger partial charge on any atom is -0.390 e. The summed E-state index contributed by atoms with van der Waals surface area (Å²) in [6, 6.07) is 8.48. The fourth-order valence-electron chi connectivity index (χ4n) is 2.67. The molecule has 0 bridgehead atoms. The van der Waals surface area contributed by atoms with Crippen molar-refractivity contribution in [2.24, 2.45) is 0 Å². The normalized spacial score (nSPS) is 17.1. The van der Waals surface area contributed by atoms with Gasteiger partial charge in [0.15, 0.2) is 0 Å². The molecular weight excluding hydrogens is 306 g/mol. The second-order valence-electron chi connectivity index (χ2n) is 6.26. The number of β-amino-alcohol motifs (C(OH)–C–C–N with tert-alkyl or cyclic N) is 1. The van der Waals surface area contributed by atoms with Crippen molar-refractivity contribution < 1.29 is 9.90 Å². The zero-order valence-electron chi connectivity index (χ0n) is 14.3. The molecule has 0 spiro atoms. The van der Waals surface area contributed by atoms with E-state index in [1.807, 2.05) is 6.07 Å². The highest BCUT2D eigenvalue weighted by atomic mass is 16.3. The summed E-state index contributed by atoms with van der Waals surface area (Å²) in [5, 5.41) is 21.8. The zero-order chi connectivity index (χ0) is 17.5. The number of aliphatic hydroxyl groups is 1. The molecule has 1 unspecified atom stereocenters. The Labute approximate surface area is 143 Å². The third-order valence-corrected chi connectivity index (χ3v) is 4.14. The van der Waals surface area contributed by atoms with Crippen LogP contribution in [-0.2, 0) is 0 Å². The van der Waals surface area contributed by atoms with Crippen LogP contribution in [-0.4, -0.2) is 85.3 Å². The summed E-state index contributed by atoms with van der Waals surface area (Å²) in [4.78, 5) is 18.1. The molecule has 2 amide bonds. The average molecular weight is 331 g/mol. The van der Waals surface area contributed by atoms with E-state index in [0.717, 1.165) is 26.2 Å². The SMILES string of the molecule is CN1CCN(CC(O)CN(C)C(=O)Nc2cccc(C#N)c2)CC1. The minimum atomic E-state index is -0.588. The molecule has 1 aliphatic rings. The van der Waals surface area contributed by atoms with Gasteiger partial charge in [0.25, 0.3) is 0 Å². The Kier molecular flexibility index (Phi) is 6.55. The highest BCUT2D eigenvalue weighted by Gasteiger charge is 2.19. The monoisotopic (exact) mass is 331 g/mol. The number of carbonyl (C=O) groups excluding carboxylic acids is 1. The Morgan fingerprint density at radius 1 is 1.42 bits per heavy atom. The Hall–Kier alpha value is -2.14. The van der Waals surface area contributed by atoms with Crippen LogP contribution in [0.15, 0.2) is 24.3 Å². The number of hydrogen-bond acceptors (Lipinski definition) is 5. The summed E-state index contributed by atoms with van der Waals surface area (Å²) in [5.74, 6) is 0. The number of piperazine rings is 1. The zero-order valence-corrected chi connectivity index (χ0v) is 14.3. The number of rotatable bonds is 5. The van der Waals surface area contributed by atoms with Crippen LogP contribution in [0, 0.1) is 11.3 Å². The fraction of sp³-hybridized carbons (Fsp3) is 0.529. The van der Waals surface area contributed by atoms with Crippen molar-refractivity contribution in [2.45, 2.75) is 6.10 Å². The molecule has 0 radical (unpaired) electrons. The molecule has 1 heterocycles. The molecule has 2 rings (SSSR count). The second-order valence-corrected chi connectivity index (χ2v) is 6.26. The van der Waals surface area contributed by atoms with Gasteiger partial charge in [-0.15, -0.1) is 0 Å². The van der Waals surface area contributed by atoms with E-state index in [9.17, 15) is 9.90 Å². The molecule has 2 N–H and O–H groups in total. The number of amides is 2. The summed E-state index contributed by atoms with van der Waals surface area (Å²) < 4.78 is 0. The summed E-state index contributed by atoms with van der Waals surface area (Å²) in [7, 11) is 3.74. The van der Waals surface area contributed by atoms with E-state index in [4.69, 9.17) is 5.26 Å². The summed E-state index contributed by atoms with van der Waals surface area (Å²) in [5.41, 5.74) is 1.06. The van der Waals surface area contributed by atoms with Crippen molar-refractivity contribution in [3.63, 3.8) is 0 Å². The number of nitrogens with zero attached hydrogens (tertiary/aromatic N) is 4. The van der Waals surface area contributed by atoms with Crippen LogP contribution < -0.4 is 5.32 Å². The maximum Gasteiger partial charge on any atom is 0.321 e. The predicted octanol–water partition coefficient (Wildman–Crippen LogP) is 0.630. The van der Waals surface area contributed by atoms with E-state index in [-0.39, 0.29) is 12.6 Å². The predicted molar refractivity (Wildman–Crippen MR) is 92.7 cm³/mol. The molecule has 0 aliphatic carbocycles. The van der Waals surface area contributed by atoms with Gasteiger partial charge in [-0.3, -0.25) is 4.90 Å². The first-order valence-corrected chi connectivity index (χ1v) is 8.09. The Bertz CT molecular complexity index is 593. The van der Waals surface area contributed by atoms with E-state index >= 15 is 0 Å². The van der Waals surface area contributed by atoms with Gasteiger partial charge in [-0.25, -0.2) is 4.79 Å². The number of nitrogens with one attached hydrogen (secondary N) is 1. The van der Waals surface area contributed by atoms with Gasteiger partial charge < -0.3 is 20.2 Å². The van der Waals surface area contributed by atoms with Crippen molar-refractivity contribution >= 4 is 11.7 Å². The largest absolute Gasteiger partial charge is 0.390 e. The van der Waals surface area contributed by atoms with Gasteiger partial charge in [-0.05, 0) is 25.2 Å². The molecule has 1 fully saturated rings. The number of carbonyl (C=O) groups is 1. The number of nitriles is 1. The standard InChI is InChI=1S/C17H25N5O2/c1-20-6-8-22(9-7-20)13-16(23)12-21(2)17(24)19-15-5-3-4-14(10-15)11-18/h3-5,10,16,23H,6-9,12-13H2,1-2H3,(H,19,24). The van der Waals surface area contributed by atoms with Crippen LogP contribution in [0.25, 0.3) is 0 Å². The highest BCUT2D eigenvalue weighted by Crippen LogP contribution is 2.10. The fourth-order valence-corrected chi connectivity index (χ4v) is 2.67. The molecular formula is C17H25N5O2. The first-order valence-electron chi connectivity index (χ1n) is 8.09. The maximum absolute atomic E-state index is 12.2. The highest BCUT2D eigenvalue weighted by molar-refractivity contribution is 5.89. The topological polar surface area (TPSA) is 82.8 Å².